The Morgan fingerprint density at radius 1 is 1.00 bits per heavy atom. The van der Waals surface area contributed by atoms with Gasteiger partial charge in [-0.05, 0) is 62.0 Å². The number of aromatic hydroxyl groups is 2. The molecule has 0 fully saturated rings. The van der Waals surface area contributed by atoms with Crippen LogP contribution < -0.4 is 4.74 Å². The summed E-state index contributed by atoms with van der Waals surface area (Å²) in [5, 5.41) is 21.3. The minimum atomic E-state index is -0.246. The van der Waals surface area contributed by atoms with E-state index in [1.165, 1.54) is 6.07 Å². The molecule has 2 N–H and O–H groups in total. The van der Waals surface area contributed by atoms with Crippen LogP contribution in [0.25, 0.3) is 11.0 Å². The summed E-state index contributed by atoms with van der Waals surface area (Å²) in [6, 6.07) is 16.0. The van der Waals surface area contributed by atoms with E-state index in [2.05, 4.69) is 38.8 Å². The summed E-state index contributed by atoms with van der Waals surface area (Å²) in [7, 11) is 0. The maximum absolute atomic E-state index is 13.6. The van der Waals surface area contributed by atoms with Gasteiger partial charge < -0.3 is 19.4 Å². The second kappa shape index (κ2) is 10.7. The number of rotatable bonds is 9. The number of halogens is 2. The van der Waals surface area contributed by atoms with Crippen LogP contribution in [0.4, 0.5) is 0 Å². The first-order valence-electron chi connectivity index (χ1n) is 11.1. The van der Waals surface area contributed by atoms with Crippen LogP contribution in [-0.2, 0) is 13.0 Å². The molecule has 0 spiro atoms. The number of furan rings is 1. The molecule has 0 saturated heterocycles. The fourth-order valence-electron chi connectivity index (χ4n) is 3.82. The second-order valence-corrected chi connectivity index (χ2v) is 9.77. The molecule has 3 aromatic carbocycles. The van der Waals surface area contributed by atoms with E-state index in [-0.39, 0.29) is 17.3 Å². The van der Waals surface area contributed by atoms with Gasteiger partial charge in [-0.3, -0.25) is 4.79 Å². The summed E-state index contributed by atoms with van der Waals surface area (Å²) in [6.07, 6.45) is 3.53. The molecule has 4 aromatic rings. The van der Waals surface area contributed by atoms with Gasteiger partial charge in [0.15, 0.2) is 17.3 Å². The van der Waals surface area contributed by atoms with Gasteiger partial charge in [-0.25, -0.2) is 0 Å². The zero-order valence-electron chi connectivity index (χ0n) is 18.6. The van der Waals surface area contributed by atoms with Gasteiger partial charge >= 0.3 is 0 Å². The first-order valence-corrected chi connectivity index (χ1v) is 12.7. The molecule has 0 bridgehead atoms. The van der Waals surface area contributed by atoms with Gasteiger partial charge in [0, 0.05) is 23.4 Å². The van der Waals surface area contributed by atoms with Crippen molar-refractivity contribution in [3.05, 3.63) is 86.0 Å². The molecule has 0 amide bonds. The van der Waals surface area contributed by atoms with Gasteiger partial charge in [0.1, 0.15) is 23.7 Å². The fraction of sp³-hybridized carbons (Fsp3) is 0.222. The molecule has 34 heavy (non-hydrogen) atoms. The van der Waals surface area contributed by atoms with Crippen LogP contribution in [0.15, 0.2) is 68.0 Å². The number of hydrogen-bond acceptors (Lipinski definition) is 5. The van der Waals surface area contributed by atoms with Gasteiger partial charge in [0.25, 0.3) is 0 Å². The summed E-state index contributed by atoms with van der Waals surface area (Å²) in [6.45, 7) is 2.41. The molecular formula is C27H24Br2O5. The smallest absolute Gasteiger partial charge is 0.197 e. The zero-order chi connectivity index (χ0) is 24.2. The number of hydrogen-bond donors (Lipinski definition) is 2. The highest BCUT2D eigenvalue weighted by Crippen LogP contribution is 2.39. The Morgan fingerprint density at radius 2 is 1.71 bits per heavy atom. The predicted octanol–water partition coefficient (Wildman–Crippen LogP) is 7.91. The lowest BCUT2D eigenvalue weighted by Gasteiger charge is -2.09. The van der Waals surface area contributed by atoms with E-state index in [9.17, 15) is 15.0 Å². The molecule has 4 rings (SSSR count). The molecule has 0 saturated carbocycles. The number of phenols is 2. The van der Waals surface area contributed by atoms with E-state index in [1.54, 1.807) is 18.2 Å². The van der Waals surface area contributed by atoms with Gasteiger partial charge in [-0.15, -0.1) is 0 Å². The Bertz CT molecular complexity index is 1310. The maximum atomic E-state index is 13.6. The van der Waals surface area contributed by atoms with Crippen LogP contribution in [0.1, 0.15) is 53.4 Å². The van der Waals surface area contributed by atoms with Gasteiger partial charge in [0.2, 0.25) is 0 Å². The molecule has 0 aliphatic carbocycles. The molecule has 0 aliphatic rings. The predicted molar refractivity (Wildman–Crippen MR) is 139 cm³/mol. The third-order valence-electron chi connectivity index (χ3n) is 5.59. The topological polar surface area (TPSA) is 79.9 Å². The molecule has 0 aliphatic heterocycles. The lowest BCUT2D eigenvalue weighted by Crippen LogP contribution is -2.04. The van der Waals surface area contributed by atoms with E-state index < -0.39 is 0 Å². The SMILES string of the molecule is CCCCCc1oc2cc(OCc3ccccc3)c(O)cc2c1C(=O)c1cc(Br)c(O)c(Br)c1. The molecule has 7 heteroatoms. The van der Waals surface area contributed by atoms with Crippen LogP contribution >= 0.6 is 31.9 Å². The lowest BCUT2D eigenvalue weighted by molar-refractivity contribution is 0.103. The molecule has 5 nitrogen and oxygen atoms in total. The Hall–Kier alpha value is -2.77. The normalized spacial score (nSPS) is 11.1. The molecule has 1 heterocycles. The van der Waals surface area contributed by atoms with Gasteiger partial charge in [0.05, 0.1) is 14.5 Å². The number of carbonyl (C=O) groups is 1. The van der Waals surface area contributed by atoms with Crippen LogP contribution in [0.5, 0.6) is 17.2 Å². The van der Waals surface area contributed by atoms with E-state index in [0.29, 0.717) is 55.6 Å². The molecule has 1 aromatic heterocycles. The van der Waals surface area contributed by atoms with Crippen molar-refractivity contribution in [3.8, 4) is 17.2 Å². The monoisotopic (exact) mass is 586 g/mol. The van der Waals surface area contributed by atoms with Gasteiger partial charge in [-0.2, -0.15) is 0 Å². The molecule has 0 radical (unpaired) electrons. The van der Waals surface area contributed by atoms with Crippen molar-refractivity contribution in [2.45, 2.75) is 39.2 Å². The summed E-state index contributed by atoms with van der Waals surface area (Å²) in [5.74, 6) is 0.581. The number of phenolic OH excluding ortho intramolecular Hbond substituents is 2. The van der Waals surface area contributed by atoms with Crippen molar-refractivity contribution in [2.24, 2.45) is 0 Å². The van der Waals surface area contributed by atoms with Crippen LogP contribution in [-0.4, -0.2) is 16.0 Å². The first kappa shape index (κ1) is 24.4. The highest BCUT2D eigenvalue weighted by atomic mass is 79.9. The Labute approximate surface area is 214 Å². The second-order valence-electron chi connectivity index (χ2n) is 8.07. The van der Waals surface area contributed by atoms with Crippen LogP contribution in [0.2, 0.25) is 0 Å². The Balaban J connectivity index is 1.75. The van der Waals surface area contributed by atoms with Crippen molar-refractivity contribution in [1.82, 2.24) is 0 Å². The van der Waals surface area contributed by atoms with Crippen molar-refractivity contribution in [1.29, 1.82) is 0 Å². The van der Waals surface area contributed by atoms with E-state index in [4.69, 9.17) is 9.15 Å². The number of aryl methyl sites for hydroxylation is 1. The third kappa shape index (κ3) is 5.15. The van der Waals surface area contributed by atoms with Crippen LogP contribution in [0.3, 0.4) is 0 Å². The largest absolute Gasteiger partial charge is 0.506 e. The van der Waals surface area contributed by atoms with E-state index in [1.807, 2.05) is 30.3 Å². The summed E-state index contributed by atoms with van der Waals surface area (Å²) >= 11 is 6.59. The number of ketones is 1. The Kier molecular flexibility index (Phi) is 7.63. The number of unbranched alkanes of at least 4 members (excludes halogenated alkanes) is 2. The number of ether oxygens (including phenoxy) is 1. The third-order valence-corrected chi connectivity index (χ3v) is 6.80. The highest BCUT2D eigenvalue weighted by molar-refractivity contribution is 9.11. The van der Waals surface area contributed by atoms with Crippen LogP contribution in [0, 0.1) is 0 Å². The average Bonchev–Trinajstić information content (AvgIpc) is 3.17. The molecule has 176 valence electrons. The summed E-state index contributed by atoms with van der Waals surface area (Å²) in [4.78, 5) is 13.6. The van der Waals surface area contributed by atoms with Crippen molar-refractivity contribution in [3.63, 3.8) is 0 Å². The standard InChI is InChI=1S/C27H24Br2O5/c1-2-3-5-10-22-25(26(31)17-11-19(28)27(32)20(29)12-17)18-13-21(30)24(14-23(18)34-22)33-15-16-8-6-4-7-9-16/h4,6-9,11-14,30,32H,2-3,5,10,15H2,1H3. The Morgan fingerprint density at radius 3 is 2.38 bits per heavy atom. The quantitative estimate of drug-likeness (QED) is 0.154. The number of benzene rings is 3. The average molecular weight is 588 g/mol. The molecule has 0 atom stereocenters. The van der Waals surface area contributed by atoms with E-state index >= 15 is 0 Å². The zero-order valence-corrected chi connectivity index (χ0v) is 21.8. The lowest BCUT2D eigenvalue weighted by atomic mass is 9.98. The summed E-state index contributed by atoms with van der Waals surface area (Å²) < 4.78 is 12.8. The van der Waals surface area contributed by atoms with E-state index in [0.717, 1.165) is 24.8 Å². The molecular weight excluding hydrogens is 564 g/mol. The maximum Gasteiger partial charge on any atom is 0.197 e. The van der Waals surface area contributed by atoms with Crippen molar-refractivity contribution in [2.75, 3.05) is 0 Å². The number of carbonyl (C=O) groups excluding carboxylic acids is 1. The highest BCUT2D eigenvalue weighted by Gasteiger charge is 2.25. The first-order chi connectivity index (χ1) is 16.4. The molecule has 0 unspecified atom stereocenters. The van der Waals surface area contributed by atoms with Crippen molar-refractivity contribution >= 4 is 48.6 Å². The minimum absolute atomic E-state index is 0.0228. The number of fused-ring (bicyclic) bond motifs is 1. The van der Waals surface area contributed by atoms with Gasteiger partial charge in [-0.1, -0.05) is 50.1 Å². The fourth-order valence-corrected chi connectivity index (χ4v) is 5.00. The van der Waals surface area contributed by atoms with Crippen molar-refractivity contribution < 1.29 is 24.2 Å². The minimum Gasteiger partial charge on any atom is -0.506 e. The summed E-state index contributed by atoms with van der Waals surface area (Å²) in [5.41, 5.74) is 2.26.